The maximum atomic E-state index is 13.7. The Hall–Kier alpha value is -4.23. The summed E-state index contributed by atoms with van der Waals surface area (Å²) in [5.74, 6) is -0.353. The van der Waals surface area contributed by atoms with Gasteiger partial charge < -0.3 is 5.11 Å². The zero-order valence-corrected chi connectivity index (χ0v) is 22.3. The quantitative estimate of drug-likeness (QED) is 0.319. The molecule has 0 aliphatic rings. The van der Waals surface area contributed by atoms with Crippen molar-refractivity contribution >= 4 is 9.84 Å². The maximum absolute atomic E-state index is 13.7. The molecule has 9 nitrogen and oxygen atoms in total. The van der Waals surface area contributed by atoms with Crippen molar-refractivity contribution in [1.29, 1.82) is 5.26 Å². The van der Waals surface area contributed by atoms with Gasteiger partial charge in [-0.2, -0.15) is 15.3 Å². The number of nitrogens with zero attached hydrogens (tertiary/aromatic N) is 4. The second-order valence-corrected chi connectivity index (χ2v) is 10.9. The summed E-state index contributed by atoms with van der Waals surface area (Å²) in [7, 11) is -4.41. The molecule has 0 radical (unpaired) electrons. The summed E-state index contributed by atoms with van der Waals surface area (Å²) in [6, 6.07) is 14.5. The van der Waals surface area contributed by atoms with Gasteiger partial charge in [0.15, 0.2) is 4.90 Å². The summed E-state index contributed by atoms with van der Waals surface area (Å²) in [6.07, 6.45) is 4.08. The van der Waals surface area contributed by atoms with E-state index in [1.807, 2.05) is 20.8 Å². The number of hydrogen-bond donors (Lipinski definition) is 2. The van der Waals surface area contributed by atoms with Crippen LogP contribution in [0.2, 0.25) is 0 Å². The largest absolute Gasteiger partial charge is 0.493 e. The molecule has 10 heteroatoms. The molecule has 2 aromatic heterocycles. The SMILES string of the molecule is CCCCc1nc(=O)c(S(=O)(=O)c2ccc(-c3c[nH]nc3C)cc2)c(O)n1[C@@H](CC)c1cccc(C#N)c1. The van der Waals surface area contributed by atoms with Gasteiger partial charge in [-0.1, -0.05) is 44.5 Å². The second kappa shape index (κ2) is 11.0. The summed E-state index contributed by atoms with van der Waals surface area (Å²) in [4.78, 5) is 16.4. The molecular formula is C28H29N5O4S. The summed E-state index contributed by atoms with van der Waals surface area (Å²) in [6.45, 7) is 5.71. The van der Waals surface area contributed by atoms with E-state index >= 15 is 0 Å². The van der Waals surface area contributed by atoms with Crippen LogP contribution in [0.15, 0.2) is 69.3 Å². The van der Waals surface area contributed by atoms with Gasteiger partial charge >= 0.3 is 0 Å². The lowest BCUT2D eigenvalue weighted by atomic mass is 10.0. The van der Waals surface area contributed by atoms with Crippen molar-refractivity contribution in [3.05, 3.63) is 87.7 Å². The molecule has 2 heterocycles. The third-order valence-electron chi connectivity index (χ3n) is 6.56. The molecular weight excluding hydrogens is 502 g/mol. The van der Waals surface area contributed by atoms with Gasteiger partial charge in [-0.05, 0) is 55.2 Å². The Bertz CT molecular complexity index is 1660. The van der Waals surface area contributed by atoms with Crippen molar-refractivity contribution in [3.8, 4) is 23.1 Å². The third kappa shape index (κ3) is 4.97. The summed E-state index contributed by atoms with van der Waals surface area (Å²) in [5.41, 5.74) is 2.48. The van der Waals surface area contributed by atoms with Gasteiger partial charge in [-0.3, -0.25) is 14.5 Å². The van der Waals surface area contributed by atoms with Crippen LogP contribution in [0.4, 0.5) is 0 Å². The number of aryl methyl sites for hydroxylation is 2. The van der Waals surface area contributed by atoms with E-state index in [9.17, 15) is 23.6 Å². The number of nitrogens with one attached hydrogen (secondary N) is 1. The smallest absolute Gasteiger partial charge is 0.296 e. The Balaban J connectivity index is 1.88. The topological polar surface area (TPSA) is 142 Å². The van der Waals surface area contributed by atoms with Gasteiger partial charge in [-0.25, -0.2) is 8.42 Å². The van der Waals surface area contributed by atoms with Gasteiger partial charge in [0, 0.05) is 18.2 Å². The Morgan fingerprint density at radius 2 is 1.89 bits per heavy atom. The number of benzene rings is 2. The van der Waals surface area contributed by atoms with Crippen molar-refractivity contribution in [2.24, 2.45) is 0 Å². The zero-order chi connectivity index (χ0) is 27.4. The maximum Gasteiger partial charge on any atom is 0.296 e. The van der Waals surface area contributed by atoms with Crippen LogP contribution >= 0.6 is 0 Å². The van der Waals surface area contributed by atoms with Gasteiger partial charge in [-0.15, -0.1) is 0 Å². The highest BCUT2D eigenvalue weighted by Gasteiger charge is 2.32. The number of unbranched alkanes of at least 4 members (excludes halogenated alkanes) is 1. The van der Waals surface area contributed by atoms with Gasteiger partial charge in [0.1, 0.15) is 5.82 Å². The molecule has 196 valence electrons. The molecule has 0 saturated heterocycles. The highest BCUT2D eigenvalue weighted by atomic mass is 32.2. The second-order valence-electron chi connectivity index (χ2n) is 9.03. The lowest BCUT2D eigenvalue weighted by molar-refractivity contribution is 0.358. The van der Waals surface area contributed by atoms with E-state index < -0.39 is 32.2 Å². The molecule has 4 aromatic rings. The predicted molar refractivity (Wildman–Crippen MR) is 143 cm³/mol. The number of aromatic amines is 1. The number of nitriles is 1. The minimum absolute atomic E-state index is 0.135. The van der Waals surface area contributed by atoms with E-state index in [1.54, 1.807) is 42.6 Å². The third-order valence-corrected chi connectivity index (χ3v) is 8.35. The van der Waals surface area contributed by atoms with Crippen LogP contribution in [0.5, 0.6) is 5.88 Å². The van der Waals surface area contributed by atoms with Gasteiger partial charge in [0.2, 0.25) is 15.7 Å². The fraction of sp³-hybridized carbons (Fsp3) is 0.286. The number of H-pyrrole nitrogens is 1. The minimum Gasteiger partial charge on any atom is -0.493 e. The fourth-order valence-corrected chi connectivity index (χ4v) is 5.93. The Morgan fingerprint density at radius 1 is 1.16 bits per heavy atom. The summed E-state index contributed by atoms with van der Waals surface area (Å²) >= 11 is 0. The monoisotopic (exact) mass is 531 g/mol. The normalized spacial score (nSPS) is 12.3. The Morgan fingerprint density at radius 3 is 2.50 bits per heavy atom. The molecule has 38 heavy (non-hydrogen) atoms. The molecule has 0 bridgehead atoms. The summed E-state index contributed by atoms with van der Waals surface area (Å²) in [5, 5.41) is 27.7. The van der Waals surface area contributed by atoms with E-state index in [-0.39, 0.29) is 4.90 Å². The van der Waals surface area contributed by atoms with Crippen LogP contribution in [0.25, 0.3) is 11.1 Å². The van der Waals surface area contributed by atoms with Gasteiger partial charge in [0.25, 0.3) is 5.56 Å². The van der Waals surface area contributed by atoms with Crippen LogP contribution in [0.1, 0.15) is 61.8 Å². The molecule has 0 saturated carbocycles. The first kappa shape index (κ1) is 26.8. The molecule has 0 spiro atoms. The molecule has 2 N–H and O–H groups in total. The predicted octanol–water partition coefficient (Wildman–Crippen LogP) is 4.69. The van der Waals surface area contributed by atoms with Crippen molar-refractivity contribution in [2.75, 3.05) is 0 Å². The number of aromatic hydroxyl groups is 1. The standard InChI is InChI=1S/C28H29N5O4S/c1-4-6-10-25-31-27(34)26(28(35)33(25)24(5-2)21-9-7-8-19(15-21)16-29)38(36,37)22-13-11-20(12-14-22)23-17-30-32-18(23)3/h7-9,11-15,17,24,35H,4-6,10H2,1-3H3,(H,30,32)/t24-/m0/s1. The molecule has 0 aliphatic carbocycles. The lowest BCUT2D eigenvalue weighted by Crippen LogP contribution is -2.27. The first-order valence-electron chi connectivity index (χ1n) is 12.4. The highest BCUT2D eigenvalue weighted by Crippen LogP contribution is 2.34. The molecule has 0 unspecified atom stereocenters. The van der Waals surface area contributed by atoms with Crippen molar-refractivity contribution in [3.63, 3.8) is 0 Å². The van der Waals surface area contributed by atoms with E-state index in [0.717, 1.165) is 23.2 Å². The minimum atomic E-state index is -4.41. The van der Waals surface area contributed by atoms with Crippen LogP contribution < -0.4 is 5.56 Å². The average Bonchev–Trinajstić information content (AvgIpc) is 3.35. The van der Waals surface area contributed by atoms with Crippen molar-refractivity contribution < 1.29 is 13.5 Å². The van der Waals surface area contributed by atoms with Crippen molar-refractivity contribution in [2.45, 2.75) is 62.3 Å². The van der Waals surface area contributed by atoms with Crippen LogP contribution in [0, 0.1) is 18.3 Å². The number of aromatic nitrogens is 4. The molecule has 0 amide bonds. The lowest BCUT2D eigenvalue weighted by Gasteiger charge is -2.25. The molecule has 2 aromatic carbocycles. The number of rotatable bonds is 9. The first-order chi connectivity index (χ1) is 18.2. The number of sulfone groups is 1. The van der Waals surface area contributed by atoms with E-state index in [1.165, 1.54) is 16.7 Å². The highest BCUT2D eigenvalue weighted by molar-refractivity contribution is 7.91. The zero-order valence-electron chi connectivity index (χ0n) is 21.5. The molecule has 1 atom stereocenters. The van der Waals surface area contributed by atoms with Crippen LogP contribution in [-0.2, 0) is 16.3 Å². The van der Waals surface area contributed by atoms with Crippen LogP contribution in [-0.4, -0.2) is 33.3 Å². The van der Waals surface area contributed by atoms with Crippen molar-refractivity contribution in [1.82, 2.24) is 19.7 Å². The molecule has 0 fully saturated rings. The van der Waals surface area contributed by atoms with E-state index in [4.69, 9.17) is 0 Å². The van der Waals surface area contributed by atoms with E-state index in [0.29, 0.717) is 36.2 Å². The first-order valence-corrected chi connectivity index (χ1v) is 13.9. The Kier molecular flexibility index (Phi) is 7.78. The Labute approximate surface area is 221 Å². The number of hydrogen-bond acceptors (Lipinski definition) is 7. The van der Waals surface area contributed by atoms with Gasteiger partial charge in [0.05, 0.1) is 28.3 Å². The van der Waals surface area contributed by atoms with Crippen LogP contribution in [0.3, 0.4) is 0 Å². The molecule has 0 aliphatic heterocycles. The van der Waals surface area contributed by atoms with E-state index in [2.05, 4.69) is 21.3 Å². The average molecular weight is 532 g/mol. The fourth-order valence-electron chi connectivity index (χ4n) is 4.59. The molecule has 4 rings (SSSR count). The summed E-state index contributed by atoms with van der Waals surface area (Å²) < 4.78 is 28.8.